The van der Waals surface area contributed by atoms with Gasteiger partial charge in [0, 0.05) is 29.5 Å². The van der Waals surface area contributed by atoms with E-state index in [9.17, 15) is 4.79 Å². The lowest BCUT2D eigenvalue weighted by molar-refractivity contribution is -0.135. The average Bonchev–Trinajstić information content (AvgIpc) is 3.38. The van der Waals surface area contributed by atoms with Gasteiger partial charge in [-0.15, -0.1) is 0 Å². The molecule has 1 atom stereocenters. The van der Waals surface area contributed by atoms with E-state index in [0.29, 0.717) is 29.5 Å². The number of carbonyl (C=O) groups is 1. The summed E-state index contributed by atoms with van der Waals surface area (Å²) in [5.41, 5.74) is 1.10. The molecule has 1 fully saturated rings. The van der Waals surface area contributed by atoms with Crippen molar-refractivity contribution < 1.29 is 23.7 Å². The predicted octanol–water partition coefficient (Wildman–Crippen LogP) is 5.62. The number of nitrogens with zero attached hydrogens (tertiary/aromatic N) is 2. The van der Waals surface area contributed by atoms with Crippen LogP contribution in [0.25, 0.3) is 21.5 Å². The lowest BCUT2D eigenvalue weighted by Gasteiger charge is -2.30. The topological polar surface area (TPSA) is 60.5 Å². The number of halogens is 1. The number of likely N-dealkylation sites (N-methyl/N-ethyl adjacent to an activating group) is 1. The quantitative estimate of drug-likeness (QED) is 0.317. The zero-order valence-electron chi connectivity index (χ0n) is 21.9. The molecule has 0 radical (unpaired) electrons. The Morgan fingerprint density at radius 2 is 1.33 bits per heavy atom. The smallest absolute Gasteiger partial charge is 0.239 e. The third-order valence-corrected chi connectivity index (χ3v) is 8.15. The van der Waals surface area contributed by atoms with E-state index in [0.717, 1.165) is 64.1 Å². The molecule has 0 saturated carbocycles. The first-order chi connectivity index (χ1) is 17.4. The SMILES string of the molecule is CCN(CC)C(=O)[C@@H]1CCCN1Cc1c(Br)c2cc(OC)c(OC)cc2c2cc(OC)c(OC)cc12. The van der Waals surface area contributed by atoms with Crippen LogP contribution >= 0.6 is 15.9 Å². The number of carbonyl (C=O) groups excluding carboxylic acids is 1. The van der Waals surface area contributed by atoms with Gasteiger partial charge in [0.15, 0.2) is 23.0 Å². The van der Waals surface area contributed by atoms with Crippen LogP contribution in [0.15, 0.2) is 28.7 Å². The van der Waals surface area contributed by atoms with Crippen LogP contribution in [0.2, 0.25) is 0 Å². The van der Waals surface area contributed by atoms with Crippen molar-refractivity contribution in [3.05, 3.63) is 34.3 Å². The first-order valence-electron chi connectivity index (χ1n) is 12.4. The van der Waals surface area contributed by atoms with E-state index in [1.54, 1.807) is 28.4 Å². The molecule has 36 heavy (non-hydrogen) atoms. The molecule has 0 aromatic heterocycles. The zero-order valence-corrected chi connectivity index (χ0v) is 23.5. The van der Waals surface area contributed by atoms with E-state index >= 15 is 0 Å². The molecule has 1 amide bonds. The summed E-state index contributed by atoms with van der Waals surface area (Å²) in [6, 6.07) is 7.93. The highest BCUT2D eigenvalue weighted by Gasteiger charge is 2.34. The Bertz CT molecular complexity index is 1270. The van der Waals surface area contributed by atoms with E-state index in [-0.39, 0.29) is 11.9 Å². The van der Waals surface area contributed by atoms with Crippen LogP contribution in [0.3, 0.4) is 0 Å². The number of methoxy groups -OCH3 is 4. The molecule has 0 unspecified atom stereocenters. The van der Waals surface area contributed by atoms with Crippen molar-refractivity contribution in [1.29, 1.82) is 0 Å². The van der Waals surface area contributed by atoms with Gasteiger partial charge in [0.05, 0.1) is 34.5 Å². The van der Waals surface area contributed by atoms with E-state index in [1.165, 1.54) is 0 Å². The van der Waals surface area contributed by atoms with Crippen molar-refractivity contribution in [3.63, 3.8) is 0 Å². The summed E-state index contributed by atoms with van der Waals surface area (Å²) in [6.07, 6.45) is 1.88. The summed E-state index contributed by atoms with van der Waals surface area (Å²) in [5, 5.41) is 4.08. The Morgan fingerprint density at radius 1 is 0.861 bits per heavy atom. The molecule has 3 aromatic rings. The van der Waals surface area contributed by atoms with Crippen LogP contribution in [0.1, 0.15) is 32.3 Å². The second kappa shape index (κ2) is 11.1. The Kier molecular flexibility index (Phi) is 8.15. The van der Waals surface area contributed by atoms with Crippen LogP contribution in [0, 0.1) is 0 Å². The van der Waals surface area contributed by atoms with Crippen LogP contribution < -0.4 is 18.9 Å². The first-order valence-corrected chi connectivity index (χ1v) is 13.2. The maximum absolute atomic E-state index is 13.3. The van der Waals surface area contributed by atoms with Crippen molar-refractivity contribution >= 4 is 43.4 Å². The second-order valence-corrected chi connectivity index (χ2v) is 9.73. The molecule has 1 aliphatic rings. The van der Waals surface area contributed by atoms with Crippen molar-refractivity contribution in [2.24, 2.45) is 0 Å². The van der Waals surface area contributed by atoms with Gasteiger partial charge in [-0.05, 0) is 95.2 Å². The Labute approximate surface area is 221 Å². The lowest BCUT2D eigenvalue weighted by Crippen LogP contribution is -2.45. The van der Waals surface area contributed by atoms with Gasteiger partial charge in [0.25, 0.3) is 0 Å². The molecule has 3 aromatic carbocycles. The zero-order chi connectivity index (χ0) is 26.0. The van der Waals surface area contributed by atoms with Crippen molar-refractivity contribution in [2.45, 2.75) is 39.3 Å². The third-order valence-electron chi connectivity index (χ3n) is 7.25. The lowest BCUT2D eigenvalue weighted by atomic mass is 9.95. The molecular weight excluding hydrogens is 524 g/mol. The standard InChI is InChI=1S/C28H35BrN2O5/c1-7-30(8-2)28(32)22-10-9-11-31(22)16-21-19-14-25(35-5)23(33-3)12-17(19)18-13-24(34-4)26(36-6)15-20(18)27(21)29/h12-15,22H,7-11,16H2,1-6H3/t22-/m0/s1. The van der Waals surface area contributed by atoms with Crippen LogP contribution in [0.5, 0.6) is 23.0 Å². The van der Waals surface area contributed by atoms with Gasteiger partial charge in [-0.2, -0.15) is 0 Å². The summed E-state index contributed by atoms with van der Waals surface area (Å²) in [6.45, 7) is 7.03. The third kappa shape index (κ3) is 4.57. The van der Waals surface area contributed by atoms with Gasteiger partial charge >= 0.3 is 0 Å². The number of amides is 1. The highest BCUT2D eigenvalue weighted by molar-refractivity contribution is 9.10. The minimum atomic E-state index is -0.118. The number of hydrogen-bond donors (Lipinski definition) is 0. The van der Waals surface area contributed by atoms with Gasteiger partial charge in [0.1, 0.15) is 0 Å². The van der Waals surface area contributed by atoms with Gasteiger partial charge in [-0.1, -0.05) is 0 Å². The number of rotatable bonds is 9. The van der Waals surface area contributed by atoms with Crippen molar-refractivity contribution in [2.75, 3.05) is 48.1 Å². The fraction of sp³-hybridized carbons (Fsp3) is 0.464. The maximum Gasteiger partial charge on any atom is 0.239 e. The minimum Gasteiger partial charge on any atom is -0.493 e. The van der Waals surface area contributed by atoms with E-state index in [4.69, 9.17) is 18.9 Å². The molecule has 8 heteroatoms. The van der Waals surface area contributed by atoms with E-state index in [2.05, 4.69) is 20.8 Å². The van der Waals surface area contributed by atoms with E-state index < -0.39 is 0 Å². The highest BCUT2D eigenvalue weighted by Crippen LogP contribution is 2.45. The first kappa shape index (κ1) is 26.4. The Morgan fingerprint density at radius 3 is 1.83 bits per heavy atom. The molecule has 1 saturated heterocycles. The molecule has 1 aliphatic heterocycles. The summed E-state index contributed by atoms with van der Waals surface area (Å²) >= 11 is 3.93. The molecule has 4 rings (SSSR count). The summed E-state index contributed by atoms with van der Waals surface area (Å²) in [7, 11) is 6.57. The van der Waals surface area contributed by atoms with Gasteiger partial charge < -0.3 is 23.8 Å². The van der Waals surface area contributed by atoms with Crippen molar-refractivity contribution in [3.8, 4) is 23.0 Å². The predicted molar refractivity (Wildman–Crippen MR) is 147 cm³/mol. The number of ether oxygens (including phenoxy) is 4. The van der Waals surface area contributed by atoms with Crippen LogP contribution in [-0.2, 0) is 11.3 Å². The number of likely N-dealkylation sites (tertiary alicyclic amines) is 1. The molecule has 1 heterocycles. The molecular formula is C28H35BrN2O5. The second-order valence-electron chi connectivity index (χ2n) is 8.94. The molecule has 194 valence electrons. The number of fused-ring (bicyclic) bond motifs is 3. The van der Waals surface area contributed by atoms with Gasteiger partial charge in [-0.3, -0.25) is 9.69 Å². The Balaban J connectivity index is 1.94. The van der Waals surface area contributed by atoms with E-state index in [1.807, 2.05) is 43.0 Å². The molecule has 7 nitrogen and oxygen atoms in total. The van der Waals surface area contributed by atoms with Crippen molar-refractivity contribution in [1.82, 2.24) is 9.80 Å². The molecule has 0 aliphatic carbocycles. The largest absolute Gasteiger partial charge is 0.493 e. The Hall–Kier alpha value is -2.71. The van der Waals surface area contributed by atoms with Crippen LogP contribution in [0.4, 0.5) is 0 Å². The van der Waals surface area contributed by atoms with Gasteiger partial charge in [0.2, 0.25) is 5.91 Å². The van der Waals surface area contributed by atoms with Gasteiger partial charge in [-0.25, -0.2) is 0 Å². The maximum atomic E-state index is 13.3. The summed E-state index contributed by atoms with van der Waals surface area (Å²) in [4.78, 5) is 17.6. The number of hydrogen-bond acceptors (Lipinski definition) is 6. The molecule has 0 spiro atoms. The molecule has 0 N–H and O–H groups in total. The van der Waals surface area contributed by atoms with Crippen LogP contribution in [-0.4, -0.2) is 69.8 Å². The average molecular weight is 560 g/mol. The number of benzene rings is 3. The normalized spacial score (nSPS) is 15.9. The monoisotopic (exact) mass is 558 g/mol. The fourth-order valence-electron chi connectivity index (χ4n) is 5.31. The minimum absolute atomic E-state index is 0.118. The summed E-state index contributed by atoms with van der Waals surface area (Å²) < 4.78 is 23.5. The highest BCUT2D eigenvalue weighted by atomic mass is 79.9. The summed E-state index contributed by atoms with van der Waals surface area (Å²) in [5.74, 6) is 2.85. The molecule has 0 bridgehead atoms. The fourth-order valence-corrected chi connectivity index (χ4v) is 5.98.